The van der Waals surface area contributed by atoms with Crippen molar-refractivity contribution in [3.05, 3.63) is 41.4 Å². The summed E-state index contributed by atoms with van der Waals surface area (Å²) in [4.78, 5) is 0.0995. The van der Waals surface area contributed by atoms with Gasteiger partial charge in [-0.05, 0) is 12.1 Å². The van der Waals surface area contributed by atoms with E-state index in [0.717, 1.165) is 0 Å². The fraction of sp³-hybridized carbons (Fsp3) is 0. The van der Waals surface area contributed by atoms with E-state index in [-0.39, 0.29) is 4.90 Å². The molecule has 2 N–H and O–H groups in total. The molecule has 0 aliphatic heterocycles. The standard InChI is InChI=1S/C10H8ClNO2S/c11-9-5-1-4-8-7(9)3-2-6-10(8)15(12,13)14/h1-6H,(H2,12,13,14). The van der Waals surface area contributed by atoms with Crippen LogP contribution in [0.3, 0.4) is 0 Å². The first-order chi connectivity index (χ1) is 7.00. The largest absolute Gasteiger partial charge is 0.238 e. The van der Waals surface area contributed by atoms with Crippen LogP contribution in [0.2, 0.25) is 5.02 Å². The van der Waals surface area contributed by atoms with Gasteiger partial charge in [0.2, 0.25) is 10.0 Å². The van der Waals surface area contributed by atoms with Gasteiger partial charge in [-0.2, -0.15) is 0 Å². The van der Waals surface area contributed by atoms with Gasteiger partial charge in [-0.15, -0.1) is 0 Å². The number of nitrogens with two attached hydrogens (primary N) is 1. The highest BCUT2D eigenvalue weighted by Gasteiger charge is 2.12. The van der Waals surface area contributed by atoms with Crippen molar-refractivity contribution < 1.29 is 8.42 Å². The molecular formula is C10H8ClNO2S. The molecule has 5 heteroatoms. The van der Waals surface area contributed by atoms with Crippen LogP contribution in [-0.4, -0.2) is 8.42 Å². The summed E-state index contributed by atoms with van der Waals surface area (Å²) in [5, 5.41) is 6.85. The third kappa shape index (κ3) is 1.84. The van der Waals surface area contributed by atoms with Gasteiger partial charge in [-0.1, -0.05) is 35.9 Å². The lowest BCUT2D eigenvalue weighted by atomic mass is 10.1. The zero-order valence-corrected chi connectivity index (χ0v) is 9.22. The summed E-state index contributed by atoms with van der Waals surface area (Å²) in [5.41, 5.74) is 0. The highest BCUT2D eigenvalue weighted by molar-refractivity contribution is 7.89. The average Bonchev–Trinajstić information content (AvgIpc) is 2.16. The molecule has 78 valence electrons. The number of hydrogen-bond donors (Lipinski definition) is 1. The molecule has 0 radical (unpaired) electrons. The number of benzene rings is 2. The molecule has 0 unspecified atom stereocenters. The van der Waals surface area contributed by atoms with Gasteiger partial charge < -0.3 is 0 Å². The number of sulfonamides is 1. The van der Waals surface area contributed by atoms with E-state index in [4.69, 9.17) is 16.7 Å². The van der Waals surface area contributed by atoms with Crippen LogP contribution in [0.15, 0.2) is 41.3 Å². The maximum atomic E-state index is 11.3. The second-order valence-electron chi connectivity index (χ2n) is 3.14. The Balaban J connectivity index is 2.96. The first kappa shape index (κ1) is 10.4. The molecular weight excluding hydrogens is 234 g/mol. The van der Waals surface area contributed by atoms with E-state index in [1.807, 2.05) is 0 Å². The highest BCUT2D eigenvalue weighted by Crippen LogP contribution is 2.27. The maximum absolute atomic E-state index is 11.3. The second-order valence-corrected chi connectivity index (χ2v) is 5.07. The van der Waals surface area contributed by atoms with Crippen molar-refractivity contribution in [1.29, 1.82) is 0 Å². The molecule has 0 aromatic heterocycles. The Morgan fingerprint density at radius 3 is 2.27 bits per heavy atom. The van der Waals surface area contributed by atoms with Crippen LogP contribution in [0.4, 0.5) is 0 Å². The molecule has 0 bridgehead atoms. The van der Waals surface area contributed by atoms with Crippen LogP contribution in [0.1, 0.15) is 0 Å². The number of rotatable bonds is 1. The number of hydrogen-bond acceptors (Lipinski definition) is 2. The first-order valence-corrected chi connectivity index (χ1v) is 6.12. The summed E-state index contributed by atoms with van der Waals surface area (Å²) in [6.07, 6.45) is 0. The molecule has 0 saturated carbocycles. The molecule has 0 fully saturated rings. The molecule has 0 aliphatic carbocycles. The zero-order chi connectivity index (χ0) is 11.1. The molecule has 15 heavy (non-hydrogen) atoms. The van der Waals surface area contributed by atoms with E-state index >= 15 is 0 Å². The summed E-state index contributed by atoms with van der Waals surface area (Å²) < 4.78 is 22.6. The summed E-state index contributed by atoms with van der Waals surface area (Å²) in [6, 6.07) is 9.92. The lowest BCUT2D eigenvalue weighted by Gasteiger charge is -2.04. The highest BCUT2D eigenvalue weighted by atomic mass is 35.5. The molecule has 0 atom stereocenters. The van der Waals surface area contributed by atoms with Gasteiger partial charge in [0.15, 0.2) is 0 Å². The Kier molecular flexibility index (Phi) is 2.42. The number of primary sulfonamides is 1. The SMILES string of the molecule is NS(=O)(=O)c1cccc2c(Cl)cccc12. The van der Waals surface area contributed by atoms with E-state index in [0.29, 0.717) is 15.8 Å². The third-order valence-corrected chi connectivity index (χ3v) is 3.43. The van der Waals surface area contributed by atoms with Crippen molar-refractivity contribution in [2.75, 3.05) is 0 Å². The molecule has 3 nitrogen and oxygen atoms in total. The van der Waals surface area contributed by atoms with Crippen molar-refractivity contribution in [2.24, 2.45) is 5.14 Å². The number of halogens is 1. The van der Waals surface area contributed by atoms with Gasteiger partial charge in [0.05, 0.1) is 4.90 Å². The lowest BCUT2D eigenvalue weighted by Crippen LogP contribution is -2.12. The van der Waals surface area contributed by atoms with Crippen molar-refractivity contribution >= 4 is 32.4 Å². The predicted octanol–water partition coefficient (Wildman–Crippen LogP) is 2.14. The quantitative estimate of drug-likeness (QED) is 0.832. The monoisotopic (exact) mass is 241 g/mol. The fourth-order valence-electron chi connectivity index (χ4n) is 1.49. The molecule has 0 aliphatic rings. The Labute approximate surface area is 92.5 Å². The Hall–Kier alpha value is -1.10. The second kappa shape index (κ2) is 3.48. The Bertz CT molecular complexity index is 622. The van der Waals surface area contributed by atoms with Crippen LogP contribution >= 0.6 is 11.6 Å². The van der Waals surface area contributed by atoms with Gasteiger partial charge in [0, 0.05) is 15.8 Å². The van der Waals surface area contributed by atoms with E-state index in [1.165, 1.54) is 6.07 Å². The summed E-state index contributed by atoms with van der Waals surface area (Å²) in [6.45, 7) is 0. The lowest BCUT2D eigenvalue weighted by molar-refractivity contribution is 0.598. The minimum absolute atomic E-state index is 0.0995. The topological polar surface area (TPSA) is 60.2 Å². The maximum Gasteiger partial charge on any atom is 0.238 e. The minimum Gasteiger partial charge on any atom is -0.225 e. The normalized spacial score (nSPS) is 11.9. The van der Waals surface area contributed by atoms with Gasteiger partial charge >= 0.3 is 0 Å². The molecule has 2 aromatic carbocycles. The van der Waals surface area contributed by atoms with Crippen LogP contribution in [-0.2, 0) is 10.0 Å². The van der Waals surface area contributed by atoms with Crippen molar-refractivity contribution in [3.63, 3.8) is 0 Å². The van der Waals surface area contributed by atoms with Gasteiger partial charge in [-0.3, -0.25) is 0 Å². The third-order valence-electron chi connectivity index (χ3n) is 2.14. The van der Waals surface area contributed by atoms with E-state index in [1.54, 1.807) is 30.3 Å². The van der Waals surface area contributed by atoms with Gasteiger partial charge in [0.1, 0.15) is 0 Å². The minimum atomic E-state index is -3.70. The molecule has 0 amide bonds. The van der Waals surface area contributed by atoms with E-state index < -0.39 is 10.0 Å². The van der Waals surface area contributed by atoms with Crippen LogP contribution < -0.4 is 5.14 Å². The zero-order valence-electron chi connectivity index (χ0n) is 7.64. The average molecular weight is 242 g/mol. The van der Waals surface area contributed by atoms with Crippen molar-refractivity contribution in [1.82, 2.24) is 0 Å². The smallest absolute Gasteiger partial charge is 0.225 e. The molecule has 0 heterocycles. The molecule has 0 saturated heterocycles. The van der Waals surface area contributed by atoms with Gasteiger partial charge in [0.25, 0.3) is 0 Å². The number of fused-ring (bicyclic) bond motifs is 1. The van der Waals surface area contributed by atoms with Crippen LogP contribution in [0.5, 0.6) is 0 Å². The first-order valence-electron chi connectivity index (χ1n) is 4.20. The predicted molar refractivity (Wildman–Crippen MR) is 60.3 cm³/mol. The van der Waals surface area contributed by atoms with E-state index in [9.17, 15) is 8.42 Å². The molecule has 2 rings (SSSR count). The Morgan fingerprint density at radius 2 is 1.60 bits per heavy atom. The van der Waals surface area contributed by atoms with Crippen LogP contribution in [0.25, 0.3) is 10.8 Å². The summed E-state index contributed by atoms with van der Waals surface area (Å²) in [5.74, 6) is 0. The van der Waals surface area contributed by atoms with Gasteiger partial charge in [-0.25, -0.2) is 13.6 Å². The Morgan fingerprint density at radius 1 is 1.00 bits per heavy atom. The van der Waals surface area contributed by atoms with E-state index in [2.05, 4.69) is 0 Å². The molecule has 0 spiro atoms. The summed E-state index contributed by atoms with van der Waals surface area (Å²) >= 11 is 5.94. The fourth-order valence-corrected chi connectivity index (χ4v) is 2.48. The van der Waals surface area contributed by atoms with Crippen molar-refractivity contribution in [3.8, 4) is 0 Å². The van der Waals surface area contributed by atoms with Crippen LogP contribution in [0, 0.1) is 0 Å². The molecule has 2 aromatic rings. The summed E-state index contributed by atoms with van der Waals surface area (Å²) in [7, 11) is -3.70. The van der Waals surface area contributed by atoms with Crippen molar-refractivity contribution in [2.45, 2.75) is 4.90 Å².